The Morgan fingerprint density at radius 3 is 2.65 bits per heavy atom. The van der Waals surface area contributed by atoms with Gasteiger partial charge in [0.15, 0.2) is 0 Å². The van der Waals surface area contributed by atoms with Crippen LogP contribution in [0.2, 0.25) is 5.02 Å². The van der Waals surface area contributed by atoms with E-state index in [1.54, 1.807) is 16.4 Å². The molecule has 0 saturated carbocycles. The van der Waals surface area contributed by atoms with E-state index < -0.39 is 0 Å². The van der Waals surface area contributed by atoms with Gasteiger partial charge in [0.05, 0.1) is 18.5 Å². The van der Waals surface area contributed by atoms with Crippen LogP contribution in [0.4, 0.5) is 0 Å². The van der Waals surface area contributed by atoms with Crippen LogP contribution in [0, 0.1) is 0 Å². The van der Waals surface area contributed by atoms with Gasteiger partial charge < -0.3 is 4.90 Å². The second-order valence-corrected chi connectivity index (χ2v) is 7.58. The Morgan fingerprint density at radius 2 is 1.85 bits per heavy atom. The van der Waals surface area contributed by atoms with E-state index in [9.17, 15) is 4.79 Å². The van der Waals surface area contributed by atoms with Crippen molar-refractivity contribution in [2.24, 2.45) is 0 Å². The fraction of sp³-hybridized carbons (Fsp3) is 0.211. The van der Waals surface area contributed by atoms with E-state index in [4.69, 9.17) is 11.6 Å². The number of aromatic nitrogens is 3. The predicted octanol–water partition coefficient (Wildman–Crippen LogP) is 3.75. The largest absolute Gasteiger partial charge is 0.320 e. The van der Waals surface area contributed by atoms with E-state index in [1.807, 2.05) is 65.7 Å². The molecule has 0 N–H and O–H groups in total. The maximum Gasteiger partial charge on any atom is 0.234 e. The van der Waals surface area contributed by atoms with Gasteiger partial charge in [0, 0.05) is 11.6 Å². The molecule has 1 fully saturated rings. The zero-order valence-corrected chi connectivity index (χ0v) is 15.5. The average Bonchev–Trinajstić information content (AvgIpc) is 3.25. The van der Waals surface area contributed by atoms with E-state index in [1.165, 1.54) is 0 Å². The van der Waals surface area contributed by atoms with Crippen molar-refractivity contribution in [1.82, 2.24) is 19.9 Å². The van der Waals surface area contributed by atoms with Crippen molar-refractivity contribution < 1.29 is 4.79 Å². The van der Waals surface area contributed by atoms with E-state index in [0.717, 1.165) is 16.8 Å². The Morgan fingerprint density at radius 1 is 1.08 bits per heavy atom. The summed E-state index contributed by atoms with van der Waals surface area (Å²) in [5, 5.41) is 9.13. The Balaban J connectivity index is 1.52. The van der Waals surface area contributed by atoms with Crippen LogP contribution in [0.5, 0.6) is 0 Å². The molecule has 1 amide bonds. The zero-order chi connectivity index (χ0) is 17.9. The van der Waals surface area contributed by atoms with Gasteiger partial charge in [-0.25, -0.2) is 4.68 Å². The highest BCUT2D eigenvalue weighted by Gasteiger charge is 2.34. The molecule has 1 aromatic heterocycles. The Bertz CT molecular complexity index is 915. The maximum absolute atomic E-state index is 12.3. The van der Waals surface area contributed by atoms with Crippen molar-refractivity contribution in [3.05, 3.63) is 82.6 Å². The fourth-order valence-electron chi connectivity index (χ4n) is 2.96. The molecule has 5 nitrogen and oxygen atoms in total. The summed E-state index contributed by atoms with van der Waals surface area (Å²) in [6.45, 7) is 1.13. The first kappa shape index (κ1) is 17.1. The third kappa shape index (κ3) is 3.61. The summed E-state index contributed by atoms with van der Waals surface area (Å²) < 4.78 is 1.76. The molecule has 7 heteroatoms. The molecule has 0 bridgehead atoms. The molecule has 0 unspecified atom stereocenters. The van der Waals surface area contributed by atoms with Crippen LogP contribution < -0.4 is 0 Å². The summed E-state index contributed by atoms with van der Waals surface area (Å²) in [5.74, 6) is 0.596. The number of carbonyl (C=O) groups excluding carboxylic acids is 1. The third-order valence-electron chi connectivity index (χ3n) is 4.26. The summed E-state index contributed by atoms with van der Waals surface area (Å²) in [6.07, 6.45) is 1.90. The van der Waals surface area contributed by atoms with Crippen molar-refractivity contribution >= 4 is 29.3 Å². The standard InChI is InChI=1S/C19H17ClN4OS/c20-16-9-5-4-8-15(16)11-23-12-17(21-22-23)19-24(18(25)13-26-19)10-14-6-2-1-3-7-14/h1-9,12,19H,10-11,13H2/t19-/m1/s1. The molecule has 0 spiro atoms. The summed E-state index contributed by atoms with van der Waals surface area (Å²) in [7, 11) is 0. The number of benzene rings is 2. The van der Waals surface area contributed by atoms with Crippen molar-refractivity contribution in [1.29, 1.82) is 0 Å². The molecule has 26 heavy (non-hydrogen) atoms. The number of hydrogen-bond donors (Lipinski definition) is 0. The number of nitrogens with zero attached hydrogens (tertiary/aromatic N) is 4. The first-order valence-electron chi connectivity index (χ1n) is 8.29. The molecule has 0 aliphatic carbocycles. The van der Waals surface area contributed by atoms with Gasteiger partial charge in [0.2, 0.25) is 5.91 Å². The number of amides is 1. The van der Waals surface area contributed by atoms with Crippen LogP contribution in [0.25, 0.3) is 0 Å². The Labute approximate surface area is 161 Å². The van der Waals surface area contributed by atoms with Gasteiger partial charge in [-0.1, -0.05) is 65.3 Å². The molecule has 0 radical (unpaired) electrons. The monoisotopic (exact) mass is 384 g/mol. The SMILES string of the molecule is O=C1CS[C@H](c2cn(Cc3ccccc3Cl)nn2)N1Cc1ccccc1. The lowest BCUT2D eigenvalue weighted by Gasteiger charge is -2.22. The molecule has 1 saturated heterocycles. The van der Waals surface area contributed by atoms with Gasteiger partial charge in [-0.3, -0.25) is 4.79 Å². The van der Waals surface area contributed by atoms with Crippen LogP contribution in [-0.4, -0.2) is 31.6 Å². The summed E-state index contributed by atoms with van der Waals surface area (Å²) >= 11 is 7.81. The molecule has 3 aromatic rings. The van der Waals surface area contributed by atoms with Crippen LogP contribution in [0.1, 0.15) is 22.2 Å². The van der Waals surface area contributed by atoms with E-state index in [2.05, 4.69) is 10.3 Å². The van der Waals surface area contributed by atoms with Crippen LogP contribution in [-0.2, 0) is 17.9 Å². The third-order valence-corrected chi connectivity index (χ3v) is 5.86. The summed E-state index contributed by atoms with van der Waals surface area (Å²) in [5.41, 5.74) is 2.89. The van der Waals surface area contributed by atoms with E-state index >= 15 is 0 Å². The fourth-order valence-corrected chi connectivity index (χ4v) is 4.27. The molecular weight excluding hydrogens is 368 g/mol. The van der Waals surface area contributed by atoms with E-state index in [-0.39, 0.29) is 11.3 Å². The second kappa shape index (κ2) is 7.51. The second-order valence-electron chi connectivity index (χ2n) is 6.10. The number of hydrogen-bond acceptors (Lipinski definition) is 4. The van der Waals surface area contributed by atoms with Crippen molar-refractivity contribution in [2.45, 2.75) is 18.5 Å². The number of halogens is 1. The molecular formula is C19H17ClN4OS. The first-order chi connectivity index (χ1) is 12.7. The maximum atomic E-state index is 12.3. The molecule has 2 heterocycles. The van der Waals surface area contributed by atoms with Crippen LogP contribution in [0.3, 0.4) is 0 Å². The van der Waals surface area contributed by atoms with Gasteiger partial charge in [0.25, 0.3) is 0 Å². The Kier molecular flexibility index (Phi) is 4.95. The minimum absolute atomic E-state index is 0.109. The predicted molar refractivity (Wildman–Crippen MR) is 103 cm³/mol. The summed E-state index contributed by atoms with van der Waals surface area (Å²) in [4.78, 5) is 14.2. The van der Waals surface area contributed by atoms with E-state index in [0.29, 0.717) is 23.9 Å². The van der Waals surface area contributed by atoms with Crippen LogP contribution in [0.15, 0.2) is 60.8 Å². The van der Waals surface area contributed by atoms with Crippen molar-refractivity contribution in [2.75, 3.05) is 5.75 Å². The smallest absolute Gasteiger partial charge is 0.234 e. The molecule has 1 aliphatic heterocycles. The van der Waals surface area contributed by atoms with Gasteiger partial charge in [0.1, 0.15) is 11.1 Å². The minimum atomic E-state index is -0.109. The topological polar surface area (TPSA) is 51.0 Å². The molecule has 132 valence electrons. The Hall–Kier alpha value is -2.31. The van der Waals surface area contributed by atoms with Gasteiger partial charge in [-0.15, -0.1) is 16.9 Å². The lowest BCUT2D eigenvalue weighted by Crippen LogP contribution is -2.27. The quantitative estimate of drug-likeness (QED) is 0.672. The van der Waals surface area contributed by atoms with Gasteiger partial charge in [-0.05, 0) is 17.2 Å². The number of carbonyl (C=O) groups is 1. The lowest BCUT2D eigenvalue weighted by molar-refractivity contribution is -0.128. The van der Waals surface area contributed by atoms with Gasteiger partial charge in [-0.2, -0.15) is 0 Å². The number of rotatable bonds is 5. The molecule has 1 atom stereocenters. The molecule has 1 aliphatic rings. The minimum Gasteiger partial charge on any atom is -0.320 e. The highest BCUT2D eigenvalue weighted by Crippen LogP contribution is 2.38. The average molecular weight is 385 g/mol. The highest BCUT2D eigenvalue weighted by atomic mass is 35.5. The van der Waals surface area contributed by atoms with Crippen molar-refractivity contribution in [3.63, 3.8) is 0 Å². The van der Waals surface area contributed by atoms with Crippen molar-refractivity contribution in [3.8, 4) is 0 Å². The van der Waals surface area contributed by atoms with Gasteiger partial charge >= 0.3 is 0 Å². The molecule has 2 aromatic carbocycles. The lowest BCUT2D eigenvalue weighted by atomic mass is 10.2. The highest BCUT2D eigenvalue weighted by molar-refractivity contribution is 8.00. The zero-order valence-electron chi connectivity index (χ0n) is 14.0. The normalized spacial score (nSPS) is 17.0. The molecule has 4 rings (SSSR count). The number of thioether (sulfide) groups is 1. The first-order valence-corrected chi connectivity index (χ1v) is 9.72. The van der Waals surface area contributed by atoms with Crippen LogP contribution >= 0.6 is 23.4 Å². The summed E-state index contributed by atoms with van der Waals surface area (Å²) in [6, 6.07) is 17.7.